The molecule has 5 nitrogen and oxygen atoms in total. The first-order valence-electron chi connectivity index (χ1n) is 2.28. The molecule has 0 heterocycles. The maximum absolute atomic E-state index is 10.3. The van der Waals surface area contributed by atoms with Crippen LogP contribution in [0, 0.1) is 0 Å². The fourth-order valence-corrected chi connectivity index (χ4v) is 1.33. The van der Waals surface area contributed by atoms with E-state index in [0.29, 0.717) is 0 Å². The number of carbonyl (C=O) groups is 1. The normalized spacial score (nSPS) is 11.2. The van der Waals surface area contributed by atoms with E-state index in [1.165, 1.54) is 7.05 Å². The molecule has 0 rings (SSSR count). The zero-order valence-electron chi connectivity index (χ0n) is 5.19. The van der Waals surface area contributed by atoms with Crippen molar-refractivity contribution in [2.75, 3.05) is 13.3 Å². The Hall–Kier alpha value is 0.1000. The van der Waals surface area contributed by atoms with Crippen LogP contribution in [0.2, 0.25) is 0 Å². The Morgan fingerprint density at radius 2 is 2.10 bits per heavy atom. The Labute approximate surface area is 66.3 Å². The van der Waals surface area contributed by atoms with Crippen LogP contribution in [0.25, 0.3) is 0 Å². The summed E-state index contributed by atoms with van der Waals surface area (Å²) >= 11 is 2.54. The Morgan fingerprint density at radius 3 is 2.20 bits per heavy atom. The molecular formula is C3H7BrNO4P. The lowest BCUT2D eigenvalue weighted by Gasteiger charge is -2.13. The van der Waals surface area contributed by atoms with Gasteiger partial charge in [0.25, 0.3) is 4.82 Å². The van der Waals surface area contributed by atoms with Crippen LogP contribution in [0.4, 0.5) is 4.79 Å². The number of hydrogen-bond acceptors (Lipinski definition) is 2. The predicted molar refractivity (Wildman–Crippen MR) is 39.0 cm³/mol. The highest BCUT2D eigenvalue weighted by atomic mass is 79.9. The van der Waals surface area contributed by atoms with Crippen molar-refractivity contribution in [3.05, 3.63) is 0 Å². The van der Waals surface area contributed by atoms with Gasteiger partial charge < -0.3 is 14.7 Å². The van der Waals surface area contributed by atoms with Crippen LogP contribution >= 0.6 is 23.5 Å². The summed E-state index contributed by atoms with van der Waals surface area (Å²) < 4.78 is 10.2. The zero-order valence-corrected chi connectivity index (χ0v) is 7.67. The SMILES string of the molecule is CN(CP(=O)(O)O)C(=O)Br. The molecule has 0 atom stereocenters. The molecule has 0 saturated heterocycles. The van der Waals surface area contributed by atoms with E-state index in [9.17, 15) is 9.36 Å². The average Bonchev–Trinajstić information content (AvgIpc) is 1.60. The molecule has 0 aromatic carbocycles. The average molecular weight is 232 g/mol. The lowest BCUT2D eigenvalue weighted by atomic mass is 11.0. The van der Waals surface area contributed by atoms with Crippen molar-refractivity contribution >= 4 is 28.3 Å². The van der Waals surface area contributed by atoms with Crippen molar-refractivity contribution in [3.63, 3.8) is 0 Å². The smallest absolute Gasteiger partial charge is 0.324 e. The zero-order chi connectivity index (χ0) is 8.36. The fourth-order valence-electron chi connectivity index (χ4n) is 0.332. The number of hydrogen-bond donors (Lipinski definition) is 2. The lowest BCUT2D eigenvalue weighted by Crippen LogP contribution is -2.21. The summed E-state index contributed by atoms with van der Waals surface area (Å²) in [5, 5.41) is 0. The lowest BCUT2D eigenvalue weighted by molar-refractivity contribution is 0.236. The molecule has 0 saturated carbocycles. The number of carbonyl (C=O) groups excluding carboxylic acids is 1. The molecule has 0 aliphatic rings. The van der Waals surface area contributed by atoms with E-state index < -0.39 is 18.7 Å². The van der Waals surface area contributed by atoms with Crippen LogP contribution in [-0.2, 0) is 4.57 Å². The molecule has 2 N–H and O–H groups in total. The van der Waals surface area contributed by atoms with Gasteiger partial charge in [-0.2, -0.15) is 0 Å². The van der Waals surface area contributed by atoms with E-state index >= 15 is 0 Å². The van der Waals surface area contributed by atoms with Crippen LogP contribution in [0.1, 0.15) is 0 Å². The number of amides is 1. The minimum Gasteiger partial charge on any atom is -0.324 e. The Kier molecular flexibility index (Phi) is 3.51. The van der Waals surface area contributed by atoms with Crippen LogP contribution in [0.15, 0.2) is 0 Å². The number of rotatable bonds is 2. The summed E-state index contributed by atoms with van der Waals surface area (Å²) in [6, 6.07) is 0. The molecule has 0 aliphatic carbocycles. The van der Waals surface area contributed by atoms with Gasteiger partial charge in [-0.1, -0.05) is 0 Å². The van der Waals surface area contributed by atoms with E-state index in [4.69, 9.17) is 9.79 Å². The molecule has 0 aromatic heterocycles. The molecule has 7 heteroatoms. The van der Waals surface area contributed by atoms with Crippen LogP contribution in [0.3, 0.4) is 0 Å². The van der Waals surface area contributed by atoms with Crippen LogP contribution in [-0.4, -0.2) is 32.8 Å². The van der Waals surface area contributed by atoms with Crippen molar-refractivity contribution in [2.45, 2.75) is 0 Å². The third kappa shape index (κ3) is 4.93. The van der Waals surface area contributed by atoms with Crippen molar-refractivity contribution in [1.82, 2.24) is 4.90 Å². The van der Waals surface area contributed by atoms with Gasteiger partial charge in [-0.15, -0.1) is 0 Å². The standard InChI is InChI=1S/C3H7BrNO4P/c1-5(3(4)6)2-10(7,8)9/h2H2,1H3,(H2,7,8,9). The Bertz CT molecular complexity index is 177. The van der Waals surface area contributed by atoms with Gasteiger partial charge in [-0.25, -0.2) is 0 Å². The molecule has 0 aromatic rings. The second-order valence-electron chi connectivity index (χ2n) is 1.76. The van der Waals surface area contributed by atoms with Gasteiger partial charge in [0.1, 0.15) is 6.29 Å². The molecule has 0 fully saturated rings. The van der Waals surface area contributed by atoms with Gasteiger partial charge in [0.2, 0.25) is 0 Å². The first kappa shape index (κ1) is 10.1. The molecule has 60 valence electrons. The van der Waals surface area contributed by atoms with Gasteiger partial charge in [-0.05, 0) is 0 Å². The van der Waals surface area contributed by atoms with E-state index in [0.717, 1.165) is 4.90 Å². The van der Waals surface area contributed by atoms with Gasteiger partial charge >= 0.3 is 7.60 Å². The summed E-state index contributed by atoms with van der Waals surface area (Å²) in [6.45, 7) is 0. The molecule has 0 spiro atoms. The van der Waals surface area contributed by atoms with Gasteiger partial charge in [0.15, 0.2) is 0 Å². The van der Waals surface area contributed by atoms with Crippen LogP contribution in [0.5, 0.6) is 0 Å². The first-order valence-corrected chi connectivity index (χ1v) is 4.87. The quantitative estimate of drug-likeness (QED) is 0.414. The van der Waals surface area contributed by atoms with Gasteiger partial charge in [-0.3, -0.25) is 9.36 Å². The van der Waals surface area contributed by atoms with E-state index in [1.54, 1.807) is 0 Å². The van der Waals surface area contributed by atoms with Crippen molar-refractivity contribution < 1.29 is 19.1 Å². The Balaban J connectivity index is 3.93. The Morgan fingerprint density at radius 1 is 1.70 bits per heavy atom. The van der Waals surface area contributed by atoms with E-state index in [-0.39, 0.29) is 0 Å². The van der Waals surface area contributed by atoms with Gasteiger partial charge in [0.05, 0.1) is 0 Å². The molecule has 0 aliphatic heterocycles. The van der Waals surface area contributed by atoms with Crippen molar-refractivity contribution in [2.24, 2.45) is 0 Å². The number of halogens is 1. The summed E-state index contributed by atoms with van der Waals surface area (Å²) in [5.74, 6) is 0. The summed E-state index contributed by atoms with van der Waals surface area (Å²) in [7, 11) is -2.81. The predicted octanol–water partition coefficient (Wildman–Crippen LogP) is 0.568. The monoisotopic (exact) mass is 231 g/mol. The maximum atomic E-state index is 10.3. The molecule has 0 bridgehead atoms. The van der Waals surface area contributed by atoms with Crippen molar-refractivity contribution in [3.8, 4) is 0 Å². The highest BCUT2D eigenvalue weighted by molar-refractivity contribution is 9.18. The van der Waals surface area contributed by atoms with E-state index in [2.05, 4.69) is 15.9 Å². The summed E-state index contributed by atoms with van der Waals surface area (Å²) in [4.78, 5) is 27.3. The molecule has 10 heavy (non-hydrogen) atoms. The summed E-state index contributed by atoms with van der Waals surface area (Å²) in [5.41, 5.74) is 0. The molecule has 0 unspecified atom stereocenters. The maximum Gasteiger partial charge on any atom is 0.344 e. The first-order chi connectivity index (χ1) is 4.33. The minimum atomic E-state index is -4.10. The van der Waals surface area contributed by atoms with Gasteiger partial charge in [0, 0.05) is 23.0 Å². The van der Waals surface area contributed by atoms with Crippen LogP contribution < -0.4 is 0 Å². The van der Waals surface area contributed by atoms with Crippen molar-refractivity contribution in [1.29, 1.82) is 0 Å². The molecule has 1 amide bonds. The molecule has 0 radical (unpaired) electrons. The fraction of sp³-hybridized carbons (Fsp3) is 0.667. The second kappa shape index (κ2) is 3.48. The van der Waals surface area contributed by atoms with E-state index in [1.807, 2.05) is 0 Å². The largest absolute Gasteiger partial charge is 0.344 e. The third-order valence-corrected chi connectivity index (χ3v) is 2.09. The highest BCUT2D eigenvalue weighted by Gasteiger charge is 2.18. The summed E-state index contributed by atoms with van der Waals surface area (Å²) in [6.07, 6.45) is -0.558. The second-order valence-corrected chi connectivity index (χ2v) is 4.05. The number of nitrogens with zero attached hydrogens (tertiary/aromatic N) is 1. The molecular weight excluding hydrogens is 225 g/mol. The minimum absolute atomic E-state index is 0.546. The topological polar surface area (TPSA) is 77.8 Å². The highest BCUT2D eigenvalue weighted by Crippen LogP contribution is 2.34. The third-order valence-electron chi connectivity index (χ3n) is 0.696.